The van der Waals surface area contributed by atoms with Gasteiger partial charge in [-0.2, -0.15) is 5.10 Å². The summed E-state index contributed by atoms with van der Waals surface area (Å²) in [6.07, 6.45) is 7.24. The van der Waals surface area contributed by atoms with E-state index in [-0.39, 0.29) is 6.04 Å². The monoisotopic (exact) mass is 293 g/mol. The first-order valence-corrected chi connectivity index (χ1v) is 8.14. The fourth-order valence-corrected chi connectivity index (χ4v) is 3.00. The molecular formula is C14H23N5S. The molecule has 0 fully saturated rings. The molecule has 0 aliphatic rings. The van der Waals surface area contributed by atoms with E-state index in [1.165, 1.54) is 22.0 Å². The van der Waals surface area contributed by atoms with E-state index >= 15 is 0 Å². The molecular weight excluding hydrogens is 270 g/mol. The number of nitrogens with one attached hydrogen (secondary N) is 1. The lowest BCUT2D eigenvalue weighted by Gasteiger charge is -2.16. The van der Waals surface area contributed by atoms with Crippen molar-refractivity contribution in [2.45, 2.75) is 52.6 Å². The normalized spacial score (nSPS) is 12.8. The van der Waals surface area contributed by atoms with Crippen molar-refractivity contribution in [3.05, 3.63) is 28.5 Å². The minimum Gasteiger partial charge on any atom is -0.305 e. The Hall–Kier alpha value is -1.27. The highest BCUT2D eigenvalue weighted by Crippen LogP contribution is 2.27. The molecule has 6 heteroatoms. The molecule has 5 nitrogen and oxygen atoms in total. The molecule has 2 heterocycles. The second-order valence-corrected chi connectivity index (χ2v) is 5.64. The number of hydrogen-bond acceptors (Lipinski definition) is 5. The zero-order valence-corrected chi connectivity index (χ0v) is 13.3. The van der Waals surface area contributed by atoms with E-state index in [0.29, 0.717) is 0 Å². The van der Waals surface area contributed by atoms with Crippen LogP contribution >= 0.6 is 11.5 Å². The summed E-state index contributed by atoms with van der Waals surface area (Å²) in [6.45, 7) is 8.32. The SMILES string of the molecule is CCCNC(c1cnn(CC)c1)c1snnc1CCC. The van der Waals surface area contributed by atoms with Crippen molar-refractivity contribution >= 4 is 11.5 Å². The Labute approximate surface area is 124 Å². The summed E-state index contributed by atoms with van der Waals surface area (Å²) >= 11 is 1.50. The van der Waals surface area contributed by atoms with Gasteiger partial charge in [0.25, 0.3) is 0 Å². The third-order valence-electron chi connectivity index (χ3n) is 3.24. The maximum Gasteiger partial charge on any atom is 0.0807 e. The van der Waals surface area contributed by atoms with Crippen LogP contribution in [0.25, 0.3) is 0 Å². The van der Waals surface area contributed by atoms with Crippen LogP contribution in [0.4, 0.5) is 0 Å². The van der Waals surface area contributed by atoms with Crippen LogP contribution in [-0.2, 0) is 13.0 Å². The first kappa shape index (κ1) is 15.1. The van der Waals surface area contributed by atoms with Crippen molar-refractivity contribution in [3.8, 4) is 0 Å². The van der Waals surface area contributed by atoms with Crippen molar-refractivity contribution in [1.82, 2.24) is 24.7 Å². The molecule has 0 aliphatic carbocycles. The van der Waals surface area contributed by atoms with E-state index in [4.69, 9.17) is 0 Å². The molecule has 1 atom stereocenters. The van der Waals surface area contributed by atoms with Gasteiger partial charge in [0.2, 0.25) is 0 Å². The first-order valence-electron chi connectivity index (χ1n) is 7.36. The lowest BCUT2D eigenvalue weighted by atomic mass is 10.1. The molecule has 2 aromatic rings. The van der Waals surface area contributed by atoms with Gasteiger partial charge in [-0.05, 0) is 37.8 Å². The Morgan fingerprint density at radius 3 is 2.80 bits per heavy atom. The van der Waals surface area contributed by atoms with Gasteiger partial charge in [-0.3, -0.25) is 4.68 Å². The molecule has 2 aromatic heterocycles. The molecule has 0 saturated carbocycles. The molecule has 0 radical (unpaired) electrons. The van der Waals surface area contributed by atoms with Gasteiger partial charge in [0.05, 0.1) is 22.8 Å². The minimum atomic E-state index is 0.164. The van der Waals surface area contributed by atoms with E-state index in [0.717, 1.165) is 38.0 Å². The maximum atomic E-state index is 4.39. The Morgan fingerprint density at radius 2 is 2.15 bits per heavy atom. The summed E-state index contributed by atoms with van der Waals surface area (Å²) < 4.78 is 6.11. The number of nitrogens with zero attached hydrogens (tertiary/aromatic N) is 4. The largest absolute Gasteiger partial charge is 0.305 e. The highest BCUT2D eigenvalue weighted by atomic mass is 32.1. The second kappa shape index (κ2) is 7.50. The van der Waals surface area contributed by atoms with Gasteiger partial charge in [0.15, 0.2) is 0 Å². The smallest absolute Gasteiger partial charge is 0.0807 e. The number of rotatable bonds is 8. The summed E-state index contributed by atoms with van der Waals surface area (Å²) in [5.41, 5.74) is 2.32. The van der Waals surface area contributed by atoms with Gasteiger partial charge in [-0.15, -0.1) is 5.10 Å². The van der Waals surface area contributed by atoms with Gasteiger partial charge in [-0.25, -0.2) is 0 Å². The zero-order valence-electron chi connectivity index (χ0n) is 12.5. The fraction of sp³-hybridized carbons (Fsp3) is 0.643. The molecule has 2 rings (SSSR count). The quantitative estimate of drug-likeness (QED) is 0.813. The van der Waals surface area contributed by atoms with Crippen LogP contribution in [-0.4, -0.2) is 25.9 Å². The van der Waals surface area contributed by atoms with Crippen molar-refractivity contribution < 1.29 is 0 Å². The van der Waals surface area contributed by atoms with Crippen molar-refractivity contribution in [2.24, 2.45) is 0 Å². The lowest BCUT2D eigenvalue weighted by molar-refractivity contribution is 0.597. The minimum absolute atomic E-state index is 0.164. The van der Waals surface area contributed by atoms with Crippen LogP contribution in [0.15, 0.2) is 12.4 Å². The lowest BCUT2D eigenvalue weighted by Crippen LogP contribution is -2.23. The van der Waals surface area contributed by atoms with Gasteiger partial charge in [-0.1, -0.05) is 24.8 Å². The van der Waals surface area contributed by atoms with E-state index < -0.39 is 0 Å². The van der Waals surface area contributed by atoms with Crippen LogP contribution in [0.3, 0.4) is 0 Å². The summed E-state index contributed by atoms with van der Waals surface area (Å²) in [6, 6.07) is 0.164. The van der Waals surface area contributed by atoms with Crippen LogP contribution in [0.5, 0.6) is 0 Å². The van der Waals surface area contributed by atoms with Crippen molar-refractivity contribution in [1.29, 1.82) is 0 Å². The number of hydrogen-bond donors (Lipinski definition) is 1. The standard InChI is InChI=1S/C14H23N5S/c1-4-7-12-14(20-18-17-12)13(15-8-5-2)11-9-16-19(6-3)10-11/h9-10,13,15H,4-8H2,1-3H3. The summed E-state index contributed by atoms with van der Waals surface area (Å²) in [4.78, 5) is 1.23. The van der Waals surface area contributed by atoms with Gasteiger partial charge in [0.1, 0.15) is 0 Å². The summed E-state index contributed by atoms with van der Waals surface area (Å²) in [5, 5.41) is 12.3. The topological polar surface area (TPSA) is 55.6 Å². The highest BCUT2D eigenvalue weighted by molar-refractivity contribution is 7.05. The Kier molecular flexibility index (Phi) is 5.67. The predicted octanol–water partition coefficient (Wildman–Crippen LogP) is 2.80. The second-order valence-electron chi connectivity index (χ2n) is 4.85. The fourth-order valence-electron chi connectivity index (χ4n) is 2.20. The predicted molar refractivity (Wildman–Crippen MR) is 81.9 cm³/mol. The maximum absolute atomic E-state index is 4.39. The number of aryl methyl sites for hydroxylation is 2. The van der Waals surface area contributed by atoms with E-state index in [2.05, 4.69) is 47.0 Å². The molecule has 20 heavy (non-hydrogen) atoms. The Balaban J connectivity index is 2.28. The van der Waals surface area contributed by atoms with Crippen LogP contribution in [0.2, 0.25) is 0 Å². The average Bonchev–Trinajstić information content (AvgIpc) is 3.10. The molecule has 0 saturated heterocycles. The van der Waals surface area contributed by atoms with Gasteiger partial charge < -0.3 is 5.32 Å². The highest BCUT2D eigenvalue weighted by Gasteiger charge is 2.21. The molecule has 0 bridgehead atoms. The van der Waals surface area contributed by atoms with E-state index in [1.807, 2.05) is 10.9 Å². The first-order chi connectivity index (χ1) is 9.80. The van der Waals surface area contributed by atoms with E-state index in [9.17, 15) is 0 Å². The molecule has 0 amide bonds. The van der Waals surface area contributed by atoms with E-state index in [1.54, 1.807) is 0 Å². The molecule has 1 N–H and O–H groups in total. The number of aromatic nitrogens is 4. The molecule has 0 aliphatic heterocycles. The molecule has 0 spiro atoms. The Morgan fingerprint density at radius 1 is 1.30 bits per heavy atom. The Bertz CT molecular complexity index is 519. The van der Waals surface area contributed by atoms with Crippen molar-refractivity contribution in [2.75, 3.05) is 6.54 Å². The summed E-state index contributed by atoms with van der Waals surface area (Å²) in [7, 11) is 0. The third-order valence-corrected chi connectivity index (χ3v) is 4.07. The van der Waals surface area contributed by atoms with Crippen LogP contribution < -0.4 is 5.32 Å². The summed E-state index contributed by atoms with van der Waals surface area (Å²) in [5.74, 6) is 0. The van der Waals surface area contributed by atoms with Crippen molar-refractivity contribution in [3.63, 3.8) is 0 Å². The molecule has 1 unspecified atom stereocenters. The van der Waals surface area contributed by atoms with Gasteiger partial charge in [0, 0.05) is 18.3 Å². The molecule has 0 aromatic carbocycles. The van der Waals surface area contributed by atoms with Crippen LogP contribution in [0, 0.1) is 0 Å². The average molecular weight is 293 g/mol. The van der Waals surface area contributed by atoms with Gasteiger partial charge >= 0.3 is 0 Å². The zero-order chi connectivity index (χ0) is 14.4. The van der Waals surface area contributed by atoms with Crippen LogP contribution in [0.1, 0.15) is 55.8 Å². The molecule has 110 valence electrons. The third kappa shape index (κ3) is 3.43.